The lowest BCUT2D eigenvalue weighted by molar-refractivity contribution is -0.0971. The lowest BCUT2D eigenvalue weighted by Crippen LogP contribution is -2.42. The zero-order valence-electron chi connectivity index (χ0n) is 11.1. The molecule has 3 heteroatoms. The molecule has 1 spiro atoms. The third-order valence-electron chi connectivity index (χ3n) is 4.21. The van der Waals surface area contributed by atoms with Crippen molar-refractivity contribution in [2.75, 3.05) is 13.2 Å². The van der Waals surface area contributed by atoms with Gasteiger partial charge in [0.05, 0.1) is 5.60 Å². The second-order valence-electron chi connectivity index (χ2n) is 5.73. The van der Waals surface area contributed by atoms with Crippen LogP contribution < -0.4 is 5.73 Å². The molecule has 1 aliphatic heterocycles. The minimum Gasteiger partial charge on any atom is -0.375 e. The van der Waals surface area contributed by atoms with Gasteiger partial charge < -0.3 is 10.5 Å². The van der Waals surface area contributed by atoms with Crippen molar-refractivity contribution in [2.45, 2.75) is 74.4 Å². The van der Waals surface area contributed by atoms with Crippen molar-refractivity contribution in [1.82, 2.24) is 0 Å². The number of rotatable bonds is 4. The molecule has 2 rings (SSSR count). The van der Waals surface area contributed by atoms with Gasteiger partial charge in [0.25, 0.3) is 0 Å². The highest BCUT2D eigenvalue weighted by molar-refractivity contribution is 8.00. The van der Waals surface area contributed by atoms with Crippen LogP contribution in [0.25, 0.3) is 0 Å². The van der Waals surface area contributed by atoms with E-state index in [0.717, 1.165) is 24.8 Å². The first-order valence-electron chi connectivity index (χ1n) is 7.24. The van der Waals surface area contributed by atoms with Crippen molar-refractivity contribution in [1.29, 1.82) is 0 Å². The molecule has 17 heavy (non-hydrogen) atoms. The third kappa shape index (κ3) is 3.87. The zero-order chi connectivity index (χ0) is 12.1. The average molecular weight is 257 g/mol. The molecule has 2 nitrogen and oxygen atoms in total. The molecule has 1 saturated heterocycles. The van der Waals surface area contributed by atoms with Gasteiger partial charge in [0, 0.05) is 17.1 Å². The normalized spacial score (nSPS) is 30.4. The Balaban J connectivity index is 1.83. The molecule has 2 unspecified atom stereocenters. The standard InChI is InChI=1S/C14H27NOS/c1-12(5-9-15)17-13-6-10-16-14(11-13)7-3-2-4-8-14/h12-13H,2-11,15H2,1H3. The molecular weight excluding hydrogens is 230 g/mol. The van der Waals surface area contributed by atoms with Crippen LogP contribution in [-0.4, -0.2) is 29.3 Å². The maximum Gasteiger partial charge on any atom is 0.0693 e. The van der Waals surface area contributed by atoms with Crippen LogP contribution in [0.4, 0.5) is 0 Å². The van der Waals surface area contributed by atoms with E-state index in [1.54, 1.807) is 0 Å². The van der Waals surface area contributed by atoms with Crippen LogP contribution in [0.3, 0.4) is 0 Å². The van der Waals surface area contributed by atoms with E-state index in [-0.39, 0.29) is 5.60 Å². The smallest absolute Gasteiger partial charge is 0.0693 e. The molecule has 0 bridgehead atoms. The predicted octanol–water partition coefficient (Wildman–Crippen LogP) is 3.34. The van der Waals surface area contributed by atoms with Gasteiger partial charge in [0.2, 0.25) is 0 Å². The average Bonchev–Trinajstić information content (AvgIpc) is 2.30. The molecular formula is C14H27NOS. The Morgan fingerprint density at radius 3 is 2.82 bits per heavy atom. The van der Waals surface area contributed by atoms with Crippen LogP contribution in [0.2, 0.25) is 0 Å². The molecule has 0 aromatic heterocycles. The van der Waals surface area contributed by atoms with E-state index in [1.165, 1.54) is 44.9 Å². The molecule has 0 aromatic carbocycles. The fourth-order valence-electron chi connectivity index (χ4n) is 3.27. The quantitative estimate of drug-likeness (QED) is 0.839. The molecule has 2 aliphatic rings. The molecule has 2 atom stereocenters. The third-order valence-corrected chi connectivity index (χ3v) is 5.70. The lowest BCUT2D eigenvalue weighted by Gasteiger charge is -2.43. The molecule has 0 aromatic rings. The minimum atomic E-state index is 0.261. The van der Waals surface area contributed by atoms with Gasteiger partial charge in [-0.1, -0.05) is 26.2 Å². The Hall–Kier alpha value is 0.270. The molecule has 1 aliphatic carbocycles. The molecule has 2 N–H and O–H groups in total. The summed E-state index contributed by atoms with van der Waals surface area (Å²) in [7, 11) is 0. The lowest BCUT2D eigenvalue weighted by atomic mass is 9.80. The van der Waals surface area contributed by atoms with Gasteiger partial charge in [-0.15, -0.1) is 0 Å². The van der Waals surface area contributed by atoms with E-state index in [0.29, 0.717) is 5.25 Å². The van der Waals surface area contributed by atoms with Crippen molar-refractivity contribution in [2.24, 2.45) is 5.73 Å². The maximum absolute atomic E-state index is 6.14. The Labute approximate surface area is 110 Å². The van der Waals surface area contributed by atoms with Gasteiger partial charge in [-0.2, -0.15) is 11.8 Å². The van der Waals surface area contributed by atoms with E-state index in [9.17, 15) is 0 Å². The monoisotopic (exact) mass is 257 g/mol. The van der Waals surface area contributed by atoms with Gasteiger partial charge in [0.15, 0.2) is 0 Å². The topological polar surface area (TPSA) is 35.2 Å². The molecule has 100 valence electrons. The molecule has 2 fully saturated rings. The van der Waals surface area contributed by atoms with E-state index >= 15 is 0 Å². The fourth-order valence-corrected chi connectivity index (χ4v) is 4.84. The van der Waals surface area contributed by atoms with Gasteiger partial charge in [-0.3, -0.25) is 0 Å². The number of ether oxygens (including phenoxy) is 1. The summed E-state index contributed by atoms with van der Waals surface area (Å²) in [4.78, 5) is 0. The van der Waals surface area contributed by atoms with E-state index in [2.05, 4.69) is 18.7 Å². The van der Waals surface area contributed by atoms with Crippen LogP contribution in [-0.2, 0) is 4.74 Å². The van der Waals surface area contributed by atoms with Crippen molar-refractivity contribution in [3.63, 3.8) is 0 Å². The van der Waals surface area contributed by atoms with Gasteiger partial charge in [-0.05, 0) is 38.6 Å². The Morgan fingerprint density at radius 1 is 1.35 bits per heavy atom. The number of nitrogens with two attached hydrogens (primary N) is 1. The van der Waals surface area contributed by atoms with Crippen LogP contribution in [0.1, 0.15) is 58.3 Å². The Kier molecular flexibility index (Phi) is 5.19. The Morgan fingerprint density at radius 2 is 2.12 bits per heavy atom. The summed E-state index contributed by atoms with van der Waals surface area (Å²) in [6.07, 6.45) is 10.4. The van der Waals surface area contributed by atoms with E-state index < -0.39 is 0 Å². The first kappa shape index (κ1) is 13.7. The summed E-state index contributed by atoms with van der Waals surface area (Å²) >= 11 is 2.15. The summed E-state index contributed by atoms with van der Waals surface area (Å²) in [6.45, 7) is 4.12. The summed E-state index contributed by atoms with van der Waals surface area (Å²) in [5.41, 5.74) is 5.89. The fraction of sp³-hybridized carbons (Fsp3) is 1.00. The summed E-state index contributed by atoms with van der Waals surface area (Å²) < 4.78 is 6.14. The second kappa shape index (κ2) is 6.44. The zero-order valence-corrected chi connectivity index (χ0v) is 11.9. The van der Waals surface area contributed by atoms with Gasteiger partial charge in [0.1, 0.15) is 0 Å². The van der Waals surface area contributed by atoms with Crippen LogP contribution in [0, 0.1) is 0 Å². The second-order valence-corrected chi connectivity index (χ2v) is 7.47. The minimum absolute atomic E-state index is 0.261. The maximum atomic E-state index is 6.14. The molecule has 0 radical (unpaired) electrons. The first-order valence-corrected chi connectivity index (χ1v) is 8.18. The van der Waals surface area contributed by atoms with Crippen LogP contribution >= 0.6 is 11.8 Å². The molecule has 1 heterocycles. The SMILES string of the molecule is CC(CCN)SC1CCOC2(CCCCC2)C1. The number of hydrogen-bond acceptors (Lipinski definition) is 3. The highest BCUT2D eigenvalue weighted by Crippen LogP contribution is 2.42. The number of thioether (sulfide) groups is 1. The number of hydrogen-bond donors (Lipinski definition) is 1. The van der Waals surface area contributed by atoms with Crippen molar-refractivity contribution >= 4 is 11.8 Å². The van der Waals surface area contributed by atoms with Crippen molar-refractivity contribution in [3.8, 4) is 0 Å². The highest BCUT2D eigenvalue weighted by Gasteiger charge is 2.38. The van der Waals surface area contributed by atoms with Gasteiger partial charge in [-0.25, -0.2) is 0 Å². The van der Waals surface area contributed by atoms with Gasteiger partial charge >= 0.3 is 0 Å². The van der Waals surface area contributed by atoms with Crippen LogP contribution in [0.15, 0.2) is 0 Å². The van der Waals surface area contributed by atoms with Crippen LogP contribution in [0.5, 0.6) is 0 Å². The summed E-state index contributed by atoms with van der Waals surface area (Å²) in [6, 6.07) is 0. The van der Waals surface area contributed by atoms with E-state index in [4.69, 9.17) is 10.5 Å². The van der Waals surface area contributed by atoms with Crippen molar-refractivity contribution in [3.05, 3.63) is 0 Å². The summed E-state index contributed by atoms with van der Waals surface area (Å²) in [5, 5.41) is 1.52. The van der Waals surface area contributed by atoms with Crippen molar-refractivity contribution < 1.29 is 4.74 Å². The first-order chi connectivity index (χ1) is 8.24. The Bertz CT molecular complexity index is 223. The molecule has 0 amide bonds. The molecule has 1 saturated carbocycles. The summed E-state index contributed by atoms with van der Waals surface area (Å²) in [5.74, 6) is 0. The predicted molar refractivity (Wildman–Crippen MR) is 75.5 cm³/mol. The highest BCUT2D eigenvalue weighted by atomic mass is 32.2. The largest absolute Gasteiger partial charge is 0.375 e. The van der Waals surface area contributed by atoms with E-state index in [1.807, 2.05) is 0 Å².